The summed E-state index contributed by atoms with van der Waals surface area (Å²) >= 11 is 12.7. The third kappa shape index (κ3) is 2.96. The predicted octanol–water partition coefficient (Wildman–Crippen LogP) is 5.97. The standard InChI is InChI=1S/C21H19Cl2N3/c22-17-10-9-15-14(7-1-2-11-24)20(26-21(15)18(17)23)16-8-3-5-13-6-4-12-25-19(13)16/h3-6,8-10,12,26H,1-2,7,11,24H2. The average molecular weight is 384 g/mol. The predicted molar refractivity (Wildman–Crippen MR) is 111 cm³/mol. The molecular formula is C21H19Cl2N3. The van der Waals surface area contributed by atoms with Crippen molar-refractivity contribution in [3.63, 3.8) is 0 Å². The van der Waals surface area contributed by atoms with Crippen LogP contribution in [-0.2, 0) is 6.42 Å². The highest BCUT2D eigenvalue weighted by atomic mass is 35.5. The summed E-state index contributed by atoms with van der Waals surface area (Å²) in [6.45, 7) is 0.695. The second kappa shape index (κ2) is 7.28. The van der Waals surface area contributed by atoms with E-state index in [0.29, 0.717) is 16.6 Å². The highest BCUT2D eigenvalue weighted by molar-refractivity contribution is 6.45. The number of unbranched alkanes of at least 4 members (excludes halogenated alkanes) is 1. The number of nitrogens with one attached hydrogen (secondary N) is 1. The number of rotatable bonds is 5. The molecule has 0 saturated heterocycles. The zero-order chi connectivity index (χ0) is 18.1. The van der Waals surface area contributed by atoms with Crippen molar-refractivity contribution in [3.8, 4) is 11.3 Å². The quantitative estimate of drug-likeness (QED) is 0.417. The normalized spacial score (nSPS) is 11.5. The Hall–Kier alpha value is -2.07. The molecule has 0 radical (unpaired) electrons. The largest absolute Gasteiger partial charge is 0.353 e. The third-order valence-electron chi connectivity index (χ3n) is 4.75. The van der Waals surface area contributed by atoms with Crippen LogP contribution in [0.25, 0.3) is 33.1 Å². The molecule has 0 atom stereocenters. The molecule has 3 nitrogen and oxygen atoms in total. The number of aryl methyl sites for hydroxylation is 1. The van der Waals surface area contributed by atoms with E-state index >= 15 is 0 Å². The number of nitrogens with zero attached hydrogens (tertiary/aromatic N) is 1. The molecule has 0 unspecified atom stereocenters. The molecule has 0 aliphatic rings. The van der Waals surface area contributed by atoms with Crippen LogP contribution in [0.2, 0.25) is 10.0 Å². The van der Waals surface area contributed by atoms with E-state index in [1.807, 2.05) is 24.4 Å². The zero-order valence-electron chi connectivity index (χ0n) is 14.2. The van der Waals surface area contributed by atoms with Gasteiger partial charge in [-0.25, -0.2) is 0 Å². The van der Waals surface area contributed by atoms with Gasteiger partial charge in [-0.2, -0.15) is 0 Å². The van der Waals surface area contributed by atoms with Gasteiger partial charge in [0.25, 0.3) is 0 Å². The Morgan fingerprint density at radius 2 is 1.85 bits per heavy atom. The Balaban J connectivity index is 1.98. The van der Waals surface area contributed by atoms with E-state index in [9.17, 15) is 0 Å². The zero-order valence-corrected chi connectivity index (χ0v) is 15.7. The Labute approximate surface area is 162 Å². The minimum Gasteiger partial charge on any atom is -0.353 e. The van der Waals surface area contributed by atoms with Crippen LogP contribution >= 0.6 is 23.2 Å². The number of aromatic amines is 1. The minimum atomic E-state index is 0.552. The van der Waals surface area contributed by atoms with Crippen molar-refractivity contribution in [1.29, 1.82) is 0 Å². The van der Waals surface area contributed by atoms with Gasteiger partial charge in [0.1, 0.15) is 0 Å². The molecule has 0 spiro atoms. The number of H-pyrrole nitrogens is 1. The second-order valence-electron chi connectivity index (χ2n) is 6.39. The summed E-state index contributed by atoms with van der Waals surface area (Å²) in [6.07, 6.45) is 4.76. The molecule has 5 heteroatoms. The molecule has 2 aromatic carbocycles. The Kier molecular flexibility index (Phi) is 4.86. The first-order valence-electron chi connectivity index (χ1n) is 8.73. The van der Waals surface area contributed by atoms with Crippen molar-refractivity contribution in [3.05, 3.63) is 64.3 Å². The van der Waals surface area contributed by atoms with Crippen LogP contribution < -0.4 is 5.73 Å². The molecule has 26 heavy (non-hydrogen) atoms. The highest BCUT2D eigenvalue weighted by Gasteiger charge is 2.18. The third-order valence-corrected chi connectivity index (χ3v) is 5.56. The number of benzene rings is 2. The van der Waals surface area contributed by atoms with Gasteiger partial charge in [0.2, 0.25) is 0 Å². The summed E-state index contributed by atoms with van der Waals surface area (Å²) in [4.78, 5) is 8.13. The van der Waals surface area contributed by atoms with E-state index < -0.39 is 0 Å². The molecule has 0 fully saturated rings. The van der Waals surface area contributed by atoms with Crippen molar-refractivity contribution < 1.29 is 0 Å². The van der Waals surface area contributed by atoms with Crippen molar-refractivity contribution in [1.82, 2.24) is 9.97 Å². The molecule has 4 aromatic rings. The highest BCUT2D eigenvalue weighted by Crippen LogP contribution is 2.39. The number of hydrogen-bond acceptors (Lipinski definition) is 2. The van der Waals surface area contributed by atoms with E-state index in [0.717, 1.165) is 52.3 Å². The monoisotopic (exact) mass is 383 g/mol. The summed E-state index contributed by atoms with van der Waals surface area (Å²) in [5.74, 6) is 0. The number of para-hydroxylation sites is 1. The number of aromatic nitrogens is 2. The van der Waals surface area contributed by atoms with Gasteiger partial charge < -0.3 is 10.7 Å². The van der Waals surface area contributed by atoms with E-state index in [1.54, 1.807) is 0 Å². The van der Waals surface area contributed by atoms with E-state index in [-0.39, 0.29) is 0 Å². The molecule has 0 bridgehead atoms. The summed E-state index contributed by atoms with van der Waals surface area (Å²) in [6, 6.07) is 14.2. The Morgan fingerprint density at radius 3 is 2.69 bits per heavy atom. The maximum Gasteiger partial charge on any atom is 0.0833 e. The van der Waals surface area contributed by atoms with Gasteiger partial charge in [-0.1, -0.05) is 53.5 Å². The fourth-order valence-electron chi connectivity index (χ4n) is 3.50. The summed E-state index contributed by atoms with van der Waals surface area (Å²) in [5, 5.41) is 3.33. The molecule has 0 aliphatic heterocycles. The van der Waals surface area contributed by atoms with Crippen LogP contribution in [0.3, 0.4) is 0 Å². The van der Waals surface area contributed by atoms with E-state index in [4.69, 9.17) is 28.9 Å². The van der Waals surface area contributed by atoms with Gasteiger partial charge >= 0.3 is 0 Å². The average Bonchev–Trinajstić information content (AvgIpc) is 3.04. The Bertz CT molecular complexity index is 1080. The lowest BCUT2D eigenvalue weighted by molar-refractivity contribution is 0.748. The number of nitrogens with two attached hydrogens (primary N) is 1. The lowest BCUT2D eigenvalue weighted by Crippen LogP contribution is -1.99. The van der Waals surface area contributed by atoms with Crippen LogP contribution in [-0.4, -0.2) is 16.5 Å². The van der Waals surface area contributed by atoms with Crippen LogP contribution in [0.15, 0.2) is 48.7 Å². The molecule has 3 N–H and O–H groups in total. The smallest absolute Gasteiger partial charge is 0.0833 e. The van der Waals surface area contributed by atoms with E-state index in [2.05, 4.69) is 34.2 Å². The first-order chi connectivity index (χ1) is 12.7. The molecule has 132 valence electrons. The van der Waals surface area contributed by atoms with Gasteiger partial charge in [-0.3, -0.25) is 4.98 Å². The van der Waals surface area contributed by atoms with Crippen molar-refractivity contribution in [2.24, 2.45) is 5.73 Å². The lowest BCUT2D eigenvalue weighted by atomic mass is 9.98. The lowest BCUT2D eigenvalue weighted by Gasteiger charge is -2.08. The molecule has 2 aromatic heterocycles. The van der Waals surface area contributed by atoms with Crippen molar-refractivity contribution in [2.45, 2.75) is 19.3 Å². The van der Waals surface area contributed by atoms with Crippen LogP contribution in [0, 0.1) is 0 Å². The molecule has 0 amide bonds. The number of halogens is 2. The summed E-state index contributed by atoms with van der Waals surface area (Å²) in [7, 11) is 0. The second-order valence-corrected chi connectivity index (χ2v) is 7.17. The van der Waals surface area contributed by atoms with Crippen LogP contribution in [0.1, 0.15) is 18.4 Å². The topological polar surface area (TPSA) is 54.7 Å². The Morgan fingerprint density at radius 1 is 1.00 bits per heavy atom. The first-order valence-corrected chi connectivity index (χ1v) is 9.49. The summed E-state index contributed by atoms with van der Waals surface area (Å²) in [5.41, 5.74) is 10.9. The molecule has 4 rings (SSSR count). The molecule has 0 saturated carbocycles. The molecular weight excluding hydrogens is 365 g/mol. The molecule has 0 aliphatic carbocycles. The van der Waals surface area contributed by atoms with Crippen molar-refractivity contribution >= 4 is 45.0 Å². The van der Waals surface area contributed by atoms with Gasteiger partial charge in [-0.05, 0) is 43.5 Å². The molecule has 2 heterocycles. The number of fused-ring (bicyclic) bond motifs is 2. The summed E-state index contributed by atoms with van der Waals surface area (Å²) < 4.78 is 0. The maximum atomic E-state index is 6.48. The number of pyridine rings is 1. The fraction of sp³-hybridized carbons (Fsp3) is 0.190. The van der Waals surface area contributed by atoms with Gasteiger partial charge in [0, 0.05) is 22.5 Å². The first kappa shape index (κ1) is 17.3. The number of hydrogen-bond donors (Lipinski definition) is 2. The SMILES string of the molecule is NCCCCc1c(-c2cccc3cccnc23)[nH]c2c(Cl)c(Cl)ccc12. The van der Waals surface area contributed by atoms with Gasteiger partial charge in [0.15, 0.2) is 0 Å². The minimum absolute atomic E-state index is 0.552. The van der Waals surface area contributed by atoms with Gasteiger partial charge in [0.05, 0.1) is 26.8 Å². The fourth-order valence-corrected chi connectivity index (χ4v) is 3.87. The van der Waals surface area contributed by atoms with Gasteiger partial charge in [-0.15, -0.1) is 0 Å². The van der Waals surface area contributed by atoms with Crippen LogP contribution in [0.5, 0.6) is 0 Å². The van der Waals surface area contributed by atoms with E-state index in [1.165, 1.54) is 5.56 Å². The van der Waals surface area contributed by atoms with Crippen LogP contribution in [0.4, 0.5) is 0 Å². The maximum absolute atomic E-state index is 6.48. The van der Waals surface area contributed by atoms with Crippen molar-refractivity contribution in [2.75, 3.05) is 6.54 Å².